The molecule has 1 N–H and O–H groups in total. The summed E-state index contributed by atoms with van der Waals surface area (Å²) in [5, 5.41) is 5.51. The first-order valence-corrected chi connectivity index (χ1v) is 11.2. The standard InChI is InChI=1S/C27H33N3O/c1-20-13-14-23(29(3)19-27(2)15-8-16-30(27)4)17-25(20)26(31)28-18-22-11-7-10-21-9-5-6-12-24(21)22/h5-7,9-14,17H,8,15-16,18-19H2,1-4H3,(H,28,31)/t27-/m0/s1. The van der Waals surface area contributed by atoms with Gasteiger partial charge < -0.3 is 10.2 Å². The van der Waals surface area contributed by atoms with E-state index >= 15 is 0 Å². The van der Waals surface area contributed by atoms with Crippen molar-refractivity contribution in [2.24, 2.45) is 0 Å². The lowest BCUT2D eigenvalue weighted by atomic mass is 9.98. The van der Waals surface area contributed by atoms with Crippen molar-refractivity contribution in [1.82, 2.24) is 10.2 Å². The largest absolute Gasteiger partial charge is 0.373 e. The van der Waals surface area contributed by atoms with E-state index in [1.165, 1.54) is 23.6 Å². The average Bonchev–Trinajstić information content (AvgIpc) is 3.09. The molecule has 1 atom stereocenters. The first kappa shape index (κ1) is 21.4. The van der Waals surface area contributed by atoms with Gasteiger partial charge in [0.25, 0.3) is 5.91 Å². The van der Waals surface area contributed by atoms with Crippen LogP contribution in [-0.2, 0) is 6.54 Å². The van der Waals surface area contributed by atoms with E-state index in [1.54, 1.807) is 0 Å². The van der Waals surface area contributed by atoms with E-state index in [2.05, 4.69) is 72.5 Å². The van der Waals surface area contributed by atoms with Crippen LogP contribution in [0.15, 0.2) is 60.7 Å². The molecule has 0 aromatic heterocycles. The molecule has 1 heterocycles. The highest BCUT2D eigenvalue weighted by molar-refractivity contribution is 5.97. The fraction of sp³-hybridized carbons (Fsp3) is 0.370. The predicted molar refractivity (Wildman–Crippen MR) is 130 cm³/mol. The van der Waals surface area contributed by atoms with Crippen LogP contribution in [0.1, 0.15) is 41.3 Å². The Bertz CT molecular complexity index is 1090. The van der Waals surface area contributed by atoms with Gasteiger partial charge in [0.15, 0.2) is 0 Å². The fourth-order valence-electron chi connectivity index (χ4n) is 4.77. The molecule has 0 radical (unpaired) electrons. The number of aryl methyl sites for hydroxylation is 1. The summed E-state index contributed by atoms with van der Waals surface area (Å²) < 4.78 is 0. The lowest BCUT2D eigenvalue weighted by molar-refractivity contribution is 0.0950. The molecule has 31 heavy (non-hydrogen) atoms. The summed E-state index contributed by atoms with van der Waals surface area (Å²) in [7, 11) is 4.34. The number of likely N-dealkylation sites (N-methyl/N-ethyl adjacent to an activating group) is 2. The van der Waals surface area contributed by atoms with Gasteiger partial charge in [0.1, 0.15) is 0 Å². The van der Waals surface area contributed by atoms with E-state index in [1.807, 2.05) is 31.2 Å². The maximum atomic E-state index is 13.1. The molecular formula is C27H33N3O. The van der Waals surface area contributed by atoms with Crippen LogP contribution in [-0.4, -0.2) is 43.5 Å². The molecule has 3 aromatic rings. The number of benzene rings is 3. The van der Waals surface area contributed by atoms with Crippen LogP contribution in [0.25, 0.3) is 10.8 Å². The lowest BCUT2D eigenvalue weighted by Crippen LogP contribution is -2.47. The number of nitrogens with zero attached hydrogens (tertiary/aromatic N) is 2. The average molecular weight is 416 g/mol. The number of carbonyl (C=O) groups is 1. The van der Waals surface area contributed by atoms with Crippen LogP contribution in [0.2, 0.25) is 0 Å². The smallest absolute Gasteiger partial charge is 0.251 e. The molecule has 1 saturated heterocycles. The van der Waals surface area contributed by atoms with Gasteiger partial charge in [-0.3, -0.25) is 9.69 Å². The van der Waals surface area contributed by atoms with Gasteiger partial charge in [-0.2, -0.15) is 0 Å². The molecule has 0 bridgehead atoms. The molecular weight excluding hydrogens is 382 g/mol. The van der Waals surface area contributed by atoms with Gasteiger partial charge in [0, 0.05) is 36.9 Å². The molecule has 0 unspecified atom stereocenters. The van der Waals surface area contributed by atoms with Gasteiger partial charge in [-0.25, -0.2) is 0 Å². The van der Waals surface area contributed by atoms with Crippen molar-refractivity contribution in [3.05, 3.63) is 77.4 Å². The molecule has 4 heteroatoms. The monoisotopic (exact) mass is 415 g/mol. The number of fused-ring (bicyclic) bond motifs is 1. The van der Waals surface area contributed by atoms with Crippen molar-refractivity contribution in [3.63, 3.8) is 0 Å². The van der Waals surface area contributed by atoms with Crippen molar-refractivity contribution in [3.8, 4) is 0 Å². The quantitative estimate of drug-likeness (QED) is 0.615. The zero-order chi connectivity index (χ0) is 22.0. The minimum atomic E-state index is -0.0233. The molecule has 1 amide bonds. The zero-order valence-electron chi connectivity index (χ0n) is 19.1. The Morgan fingerprint density at radius 1 is 1.13 bits per heavy atom. The van der Waals surface area contributed by atoms with Crippen molar-refractivity contribution in [2.75, 3.05) is 32.1 Å². The molecule has 1 fully saturated rings. The maximum Gasteiger partial charge on any atom is 0.251 e. The Labute approximate surface area is 185 Å². The van der Waals surface area contributed by atoms with Crippen molar-refractivity contribution >= 4 is 22.4 Å². The van der Waals surface area contributed by atoms with Crippen LogP contribution >= 0.6 is 0 Å². The van der Waals surface area contributed by atoms with Crippen LogP contribution in [0.3, 0.4) is 0 Å². The van der Waals surface area contributed by atoms with Gasteiger partial charge >= 0.3 is 0 Å². The Morgan fingerprint density at radius 2 is 1.90 bits per heavy atom. The van der Waals surface area contributed by atoms with Crippen molar-refractivity contribution in [1.29, 1.82) is 0 Å². The van der Waals surface area contributed by atoms with Crippen LogP contribution in [0, 0.1) is 6.92 Å². The fourth-order valence-corrected chi connectivity index (χ4v) is 4.77. The molecule has 1 aliphatic heterocycles. The highest BCUT2D eigenvalue weighted by atomic mass is 16.1. The lowest BCUT2D eigenvalue weighted by Gasteiger charge is -2.37. The van der Waals surface area contributed by atoms with Crippen molar-refractivity contribution < 1.29 is 4.79 Å². The molecule has 4 nitrogen and oxygen atoms in total. The second-order valence-corrected chi connectivity index (χ2v) is 9.20. The third-order valence-corrected chi connectivity index (χ3v) is 6.93. The molecule has 162 valence electrons. The number of likely N-dealkylation sites (tertiary alicyclic amines) is 1. The van der Waals surface area contributed by atoms with E-state index in [-0.39, 0.29) is 11.4 Å². The summed E-state index contributed by atoms with van der Waals surface area (Å²) >= 11 is 0. The first-order valence-electron chi connectivity index (χ1n) is 11.2. The topological polar surface area (TPSA) is 35.6 Å². The third-order valence-electron chi connectivity index (χ3n) is 6.93. The van der Waals surface area contributed by atoms with Crippen LogP contribution in [0.4, 0.5) is 5.69 Å². The van der Waals surface area contributed by atoms with Gasteiger partial charge in [-0.1, -0.05) is 48.5 Å². The maximum absolute atomic E-state index is 13.1. The number of anilines is 1. The van der Waals surface area contributed by atoms with Crippen LogP contribution < -0.4 is 10.2 Å². The summed E-state index contributed by atoms with van der Waals surface area (Å²) in [6, 6.07) is 20.7. The minimum Gasteiger partial charge on any atom is -0.373 e. The molecule has 1 aliphatic rings. The van der Waals surface area contributed by atoms with Gasteiger partial charge in [0.2, 0.25) is 0 Å². The molecule has 4 rings (SSSR count). The summed E-state index contributed by atoms with van der Waals surface area (Å²) in [5.41, 5.74) is 4.14. The van der Waals surface area contributed by atoms with Gasteiger partial charge in [-0.15, -0.1) is 0 Å². The van der Waals surface area contributed by atoms with E-state index in [0.29, 0.717) is 6.54 Å². The van der Waals surface area contributed by atoms with E-state index < -0.39 is 0 Å². The summed E-state index contributed by atoms with van der Waals surface area (Å²) in [6.45, 7) is 6.96. The molecule has 0 spiro atoms. The molecule has 0 saturated carbocycles. The number of amides is 1. The summed E-state index contributed by atoms with van der Waals surface area (Å²) in [5.74, 6) is -0.0233. The van der Waals surface area contributed by atoms with E-state index in [9.17, 15) is 4.79 Å². The predicted octanol–water partition coefficient (Wildman–Crippen LogP) is 5.00. The van der Waals surface area contributed by atoms with E-state index in [0.717, 1.165) is 35.5 Å². The SMILES string of the molecule is Cc1ccc(N(C)C[C@]2(C)CCCN2C)cc1C(=O)NCc1cccc2ccccc12. The number of nitrogens with one attached hydrogen (secondary N) is 1. The number of carbonyl (C=O) groups excluding carboxylic acids is 1. The minimum absolute atomic E-state index is 0.0233. The summed E-state index contributed by atoms with van der Waals surface area (Å²) in [4.78, 5) is 17.8. The Morgan fingerprint density at radius 3 is 2.68 bits per heavy atom. The zero-order valence-corrected chi connectivity index (χ0v) is 19.1. The third kappa shape index (κ3) is 4.45. The molecule has 3 aromatic carbocycles. The van der Waals surface area contributed by atoms with E-state index in [4.69, 9.17) is 0 Å². The number of hydrogen-bond acceptors (Lipinski definition) is 3. The normalized spacial score (nSPS) is 19.0. The van der Waals surface area contributed by atoms with Crippen LogP contribution in [0.5, 0.6) is 0 Å². The Balaban J connectivity index is 1.49. The molecule has 0 aliphatic carbocycles. The Kier molecular flexibility index (Phi) is 6.01. The highest BCUT2D eigenvalue weighted by Crippen LogP contribution is 2.30. The van der Waals surface area contributed by atoms with Gasteiger partial charge in [0.05, 0.1) is 0 Å². The first-order chi connectivity index (χ1) is 14.9. The summed E-state index contributed by atoms with van der Waals surface area (Å²) in [6.07, 6.45) is 2.45. The van der Waals surface area contributed by atoms with Crippen molar-refractivity contribution in [2.45, 2.75) is 38.8 Å². The number of hydrogen-bond donors (Lipinski definition) is 1. The Hall–Kier alpha value is -2.85. The van der Waals surface area contributed by atoms with Gasteiger partial charge in [-0.05, 0) is 74.3 Å². The second kappa shape index (κ2) is 8.72. The number of rotatable bonds is 6. The second-order valence-electron chi connectivity index (χ2n) is 9.20. The highest BCUT2D eigenvalue weighted by Gasteiger charge is 2.35.